The van der Waals surface area contributed by atoms with E-state index in [0.717, 1.165) is 50.2 Å². The van der Waals surface area contributed by atoms with Crippen molar-refractivity contribution in [2.45, 2.75) is 39.2 Å². The molecule has 1 atom stereocenters. The number of hydrogen-bond acceptors (Lipinski definition) is 3. The average Bonchev–Trinajstić information content (AvgIpc) is 3.09. The number of likely N-dealkylation sites (tertiary alicyclic amines) is 1. The zero-order valence-corrected chi connectivity index (χ0v) is 18.2. The van der Waals surface area contributed by atoms with Gasteiger partial charge >= 0.3 is 0 Å². The molecule has 5 nitrogen and oxygen atoms in total. The number of rotatable bonds is 7. The van der Waals surface area contributed by atoms with Crippen molar-refractivity contribution in [3.05, 3.63) is 59.5 Å². The summed E-state index contributed by atoms with van der Waals surface area (Å²) in [5.74, 6) is 0.825. The van der Waals surface area contributed by atoms with Crippen LogP contribution in [0.25, 0.3) is 10.9 Å². The lowest BCUT2D eigenvalue weighted by atomic mass is 9.93. The maximum atomic E-state index is 13.7. The summed E-state index contributed by atoms with van der Waals surface area (Å²) < 4.78 is 19.1. The Balaban J connectivity index is 1.32. The third-order valence-electron chi connectivity index (χ3n) is 6.28. The molecular formula is C25H30FN3O2. The van der Waals surface area contributed by atoms with Gasteiger partial charge in [0.1, 0.15) is 11.6 Å². The number of hydrogen-bond donors (Lipinski definition) is 2. The quantitative estimate of drug-likeness (QED) is 0.545. The number of aromatic amines is 1. The highest BCUT2D eigenvalue weighted by Crippen LogP contribution is 2.28. The second-order valence-electron chi connectivity index (χ2n) is 8.45. The summed E-state index contributed by atoms with van der Waals surface area (Å²) in [5.41, 5.74) is 3.89. The Morgan fingerprint density at radius 1 is 1.29 bits per heavy atom. The molecule has 1 aliphatic heterocycles. The topological polar surface area (TPSA) is 57.4 Å². The Morgan fingerprint density at radius 3 is 2.94 bits per heavy atom. The molecule has 31 heavy (non-hydrogen) atoms. The van der Waals surface area contributed by atoms with Crippen LogP contribution in [0.1, 0.15) is 36.9 Å². The Morgan fingerprint density at radius 2 is 2.13 bits per heavy atom. The number of nitrogens with zero attached hydrogens (tertiary/aromatic N) is 1. The molecule has 0 unspecified atom stereocenters. The lowest BCUT2D eigenvalue weighted by Crippen LogP contribution is -2.35. The number of amides is 1. The molecule has 3 aromatic rings. The summed E-state index contributed by atoms with van der Waals surface area (Å²) in [4.78, 5) is 18.3. The van der Waals surface area contributed by atoms with Crippen LogP contribution in [0.4, 0.5) is 10.1 Å². The predicted molar refractivity (Wildman–Crippen MR) is 122 cm³/mol. The highest BCUT2D eigenvalue weighted by atomic mass is 19.1. The number of carbonyl (C=O) groups is 1. The molecule has 0 bridgehead atoms. The molecule has 164 valence electrons. The van der Waals surface area contributed by atoms with E-state index >= 15 is 0 Å². The first-order chi connectivity index (χ1) is 15.0. The third kappa shape index (κ3) is 5.07. The van der Waals surface area contributed by atoms with E-state index in [0.29, 0.717) is 12.3 Å². The van der Waals surface area contributed by atoms with Crippen LogP contribution in [0.2, 0.25) is 0 Å². The van der Waals surface area contributed by atoms with E-state index in [-0.39, 0.29) is 11.6 Å². The van der Waals surface area contributed by atoms with Gasteiger partial charge in [-0.05, 0) is 74.5 Å². The van der Waals surface area contributed by atoms with Gasteiger partial charge in [0, 0.05) is 36.1 Å². The van der Waals surface area contributed by atoms with Crippen LogP contribution in [-0.2, 0) is 11.3 Å². The molecule has 2 heterocycles. The highest BCUT2D eigenvalue weighted by molar-refractivity contribution is 5.90. The summed E-state index contributed by atoms with van der Waals surface area (Å²) in [7, 11) is 1.69. The molecule has 0 aliphatic carbocycles. The van der Waals surface area contributed by atoms with Crippen LogP contribution in [-0.4, -0.2) is 36.0 Å². The SMILES string of the molecule is COc1ccc2[nH]c(CN3CCC[C@@H](CCC(=O)Nc4ccccc4F)C3)c(C)c2c1. The van der Waals surface area contributed by atoms with Crippen molar-refractivity contribution in [2.24, 2.45) is 5.92 Å². The van der Waals surface area contributed by atoms with E-state index in [2.05, 4.69) is 34.3 Å². The normalized spacial score (nSPS) is 17.1. The fourth-order valence-corrected chi connectivity index (χ4v) is 4.51. The van der Waals surface area contributed by atoms with Crippen LogP contribution in [0, 0.1) is 18.7 Å². The van der Waals surface area contributed by atoms with E-state index in [9.17, 15) is 9.18 Å². The molecule has 0 radical (unpaired) electrons. The van der Waals surface area contributed by atoms with Crippen molar-refractivity contribution >= 4 is 22.5 Å². The second kappa shape index (κ2) is 9.52. The molecule has 1 fully saturated rings. The monoisotopic (exact) mass is 423 g/mol. The second-order valence-corrected chi connectivity index (χ2v) is 8.45. The van der Waals surface area contributed by atoms with Crippen molar-refractivity contribution in [1.82, 2.24) is 9.88 Å². The predicted octanol–water partition coefficient (Wildman–Crippen LogP) is 5.25. The fourth-order valence-electron chi connectivity index (χ4n) is 4.51. The minimum Gasteiger partial charge on any atom is -0.497 e. The number of benzene rings is 2. The number of carbonyl (C=O) groups excluding carboxylic acids is 1. The Bertz CT molecular complexity index is 1060. The minimum atomic E-state index is -0.397. The Kier molecular flexibility index (Phi) is 6.56. The lowest BCUT2D eigenvalue weighted by Gasteiger charge is -2.32. The van der Waals surface area contributed by atoms with Gasteiger partial charge in [0.05, 0.1) is 12.8 Å². The molecule has 2 aromatic carbocycles. The Labute approximate surface area is 182 Å². The van der Waals surface area contributed by atoms with Crippen LogP contribution < -0.4 is 10.1 Å². The average molecular weight is 424 g/mol. The van der Waals surface area contributed by atoms with E-state index in [1.807, 2.05) is 6.07 Å². The van der Waals surface area contributed by atoms with Crippen molar-refractivity contribution in [3.8, 4) is 5.75 Å². The summed E-state index contributed by atoms with van der Waals surface area (Å²) in [6, 6.07) is 12.4. The third-order valence-corrected chi connectivity index (χ3v) is 6.28. The van der Waals surface area contributed by atoms with E-state index < -0.39 is 5.82 Å². The summed E-state index contributed by atoms with van der Waals surface area (Å²) in [5, 5.41) is 3.89. The molecule has 4 rings (SSSR count). The molecule has 1 aliphatic rings. The molecule has 0 spiro atoms. The molecule has 1 saturated heterocycles. The molecular weight excluding hydrogens is 393 g/mol. The molecule has 2 N–H and O–H groups in total. The van der Waals surface area contributed by atoms with Gasteiger partial charge in [0.2, 0.25) is 5.91 Å². The number of ether oxygens (including phenoxy) is 1. The first kappa shape index (κ1) is 21.4. The smallest absolute Gasteiger partial charge is 0.224 e. The number of aromatic nitrogens is 1. The lowest BCUT2D eigenvalue weighted by molar-refractivity contribution is -0.116. The number of anilines is 1. The zero-order chi connectivity index (χ0) is 21.8. The van der Waals surface area contributed by atoms with Crippen molar-refractivity contribution in [3.63, 3.8) is 0 Å². The number of nitrogens with one attached hydrogen (secondary N) is 2. The van der Waals surface area contributed by atoms with Crippen molar-refractivity contribution in [2.75, 3.05) is 25.5 Å². The van der Waals surface area contributed by atoms with E-state index in [1.165, 1.54) is 22.7 Å². The highest BCUT2D eigenvalue weighted by Gasteiger charge is 2.22. The van der Waals surface area contributed by atoms with Crippen LogP contribution in [0.3, 0.4) is 0 Å². The van der Waals surface area contributed by atoms with Crippen molar-refractivity contribution < 1.29 is 13.9 Å². The number of methoxy groups -OCH3 is 1. The number of para-hydroxylation sites is 1. The van der Waals surface area contributed by atoms with Gasteiger partial charge in [-0.25, -0.2) is 4.39 Å². The summed E-state index contributed by atoms with van der Waals surface area (Å²) in [6.45, 7) is 5.07. The number of piperidine rings is 1. The number of H-pyrrole nitrogens is 1. The van der Waals surface area contributed by atoms with E-state index in [1.54, 1.807) is 25.3 Å². The first-order valence-corrected chi connectivity index (χ1v) is 11.0. The number of fused-ring (bicyclic) bond motifs is 1. The minimum absolute atomic E-state index is 0.123. The molecule has 0 saturated carbocycles. The Hall–Kier alpha value is -2.86. The van der Waals surface area contributed by atoms with Crippen LogP contribution >= 0.6 is 0 Å². The largest absolute Gasteiger partial charge is 0.497 e. The van der Waals surface area contributed by atoms with Gasteiger partial charge in [-0.2, -0.15) is 0 Å². The van der Waals surface area contributed by atoms with Crippen LogP contribution in [0.5, 0.6) is 5.75 Å². The maximum absolute atomic E-state index is 13.7. The standard InChI is InChI=1S/C25H30FN3O2/c1-17-20-14-19(31-2)10-11-22(20)27-24(17)16-29-13-5-6-18(15-29)9-12-25(30)28-23-8-4-3-7-21(23)26/h3-4,7-8,10-11,14,18,27H,5-6,9,12-13,15-16H2,1-2H3,(H,28,30)/t18-/m0/s1. The maximum Gasteiger partial charge on any atom is 0.224 e. The van der Waals surface area contributed by atoms with Gasteiger partial charge in [0.15, 0.2) is 0 Å². The molecule has 6 heteroatoms. The number of halogens is 1. The van der Waals surface area contributed by atoms with Crippen LogP contribution in [0.15, 0.2) is 42.5 Å². The van der Waals surface area contributed by atoms with Gasteiger partial charge in [-0.3, -0.25) is 9.69 Å². The first-order valence-electron chi connectivity index (χ1n) is 11.0. The van der Waals surface area contributed by atoms with Crippen molar-refractivity contribution in [1.29, 1.82) is 0 Å². The zero-order valence-electron chi connectivity index (χ0n) is 18.2. The number of aryl methyl sites for hydroxylation is 1. The van der Waals surface area contributed by atoms with Gasteiger partial charge in [-0.15, -0.1) is 0 Å². The fraction of sp³-hybridized carbons (Fsp3) is 0.400. The molecule has 1 aromatic heterocycles. The summed E-state index contributed by atoms with van der Waals surface area (Å²) in [6.07, 6.45) is 3.50. The van der Waals surface area contributed by atoms with E-state index in [4.69, 9.17) is 4.74 Å². The molecule has 1 amide bonds. The summed E-state index contributed by atoms with van der Waals surface area (Å²) >= 11 is 0. The van der Waals surface area contributed by atoms with Gasteiger partial charge in [-0.1, -0.05) is 12.1 Å². The van der Waals surface area contributed by atoms with Gasteiger partial charge < -0.3 is 15.0 Å². The van der Waals surface area contributed by atoms with Gasteiger partial charge in [0.25, 0.3) is 0 Å².